The van der Waals surface area contributed by atoms with E-state index in [1.807, 2.05) is 0 Å². The Balaban J connectivity index is 0. The maximum absolute atomic E-state index is 10.0. The molecule has 1 atom stereocenters. The molecule has 0 saturated carbocycles. The number of aliphatic carboxylic acids is 1. The maximum atomic E-state index is 10.0. The van der Waals surface area contributed by atoms with Crippen molar-refractivity contribution >= 4 is 24.8 Å². The molecule has 0 heterocycles. The quantitative estimate of drug-likeness (QED) is 0.535. The summed E-state index contributed by atoms with van der Waals surface area (Å²) in [6, 6.07) is 0. The van der Waals surface area contributed by atoms with Gasteiger partial charge in [-0.25, -0.2) is 4.79 Å². The Labute approximate surface area is 66.6 Å². The van der Waals surface area contributed by atoms with Crippen molar-refractivity contribution in [2.45, 2.75) is 19.4 Å². The molecule has 0 saturated heterocycles. The van der Waals surface area contributed by atoms with E-state index >= 15 is 0 Å². The molecule has 0 aromatic rings. The summed E-state index contributed by atoms with van der Waals surface area (Å²) in [5, 5.41) is 8.25. The predicted octanol–water partition coefficient (Wildman–Crippen LogP) is -0.153. The van der Waals surface area contributed by atoms with E-state index in [-0.39, 0.29) is 18.9 Å². The van der Waals surface area contributed by atoms with Gasteiger partial charge in [-0.15, -0.1) is 0 Å². The van der Waals surface area contributed by atoms with Crippen LogP contribution in [0.4, 0.5) is 0 Å². The Bertz CT molecular complexity index is 80.3. The third kappa shape index (κ3) is 4.53. The number of rotatable bonds is 3. The molecule has 0 aliphatic heterocycles. The monoisotopic (exact) mass is 126 g/mol. The van der Waals surface area contributed by atoms with Crippen LogP contribution in [0.1, 0.15) is 13.3 Å². The molecule has 9 heavy (non-hydrogen) atoms. The Morgan fingerprint density at radius 3 is 2.22 bits per heavy atom. The fourth-order valence-electron chi connectivity index (χ4n) is 0.442. The first-order valence-corrected chi connectivity index (χ1v) is 2.48. The normalized spacial score (nSPS) is 11.8. The minimum atomic E-state index is -0.894. The first kappa shape index (κ1) is 11.8. The van der Waals surface area contributed by atoms with Gasteiger partial charge in [0.2, 0.25) is 0 Å². The van der Waals surface area contributed by atoms with Crippen LogP contribution in [0.5, 0.6) is 0 Å². The third-order valence-electron chi connectivity index (χ3n) is 0.931. The van der Waals surface area contributed by atoms with Gasteiger partial charge in [0.1, 0.15) is 0 Å². The summed E-state index contributed by atoms with van der Waals surface area (Å²) in [5.74, 6) is -0.894. The summed E-state index contributed by atoms with van der Waals surface area (Å²) in [4.78, 5) is 10.0. The molecule has 1 N–H and O–H groups in total. The molecule has 0 fully saturated rings. The van der Waals surface area contributed by atoms with Gasteiger partial charge in [0.05, 0.1) is 0 Å². The second kappa shape index (κ2) is 6.15. The summed E-state index contributed by atoms with van der Waals surface area (Å²) >= 11 is 0. The second-order valence-corrected chi connectivity index (χ2v) is 1.47. The fraction of sp³-hybridized carbons (Fsp3) is 0.800. The average Bonchev–Trinajstić information content (AvgIpc) is 1.69. The van der Waals surface area contributed by atoms with E-state index in [2.05, 4.69) is 4.74 Å². The van der Waals surface area contributed by atoms with E-state index in [1.54, 1.807) is 6.92 Å². The van der Waals surface area contributed by atoms with Crippen LogP contribution >= 0.6 is 0 Å². The van der Waals surface area contributed by atoms with Crippen LogP contribution in [0, 0.1) is 0 Å². The van der Waals surface area contributed by atoms with Gasteiger partial charge in [0.15, 0.2) is 6.10 Å². The van der Waals surface area contributed by atoms with Crippen molar-refractivity contribution in [3.8, 4) is 0 Å². The molecule has 4 heteroatoms. The van der Waals surface area contributed by atoms with Gasteiger partial charge in [-0.2, -0.15) is 0 Å². The van der Waals surface area contributed by atoms with Crippen LogP contribution in [-0.2, 0) is 9.53 Å². The number of hydrogen-bond donors (Lipinski definition) is 1. The van der Waals surface area contributed by atoms with Crippen LogP contribution in [0.3, 0.4) is 0 Å². The Morgan fingerprint density at radius 2 is 2.22 bits per heavy atom. The van der Waals surface area contributed by atoms with Crippen molar-refractivity contribution in [3.05, 3.63) is 0 Å². The van der Waals surface area contributed by atoms with Crippen molar-refractivity contribution in [1.29, 1.82) is 0 Å². The zero-order valence-electron chi connectivity index (χ0n) is 5.05. The molecule has 0 bridgehead atoms. The van der Waals surface area contributed by atoms with Gasteiger partial charge >= 0.3 is 24.8 Å². The van der Waals surface area contributed by atoms with E-state index in [4.69, 9.17) is 5.11 Å². The molecule has 0 rings (SSSR count). The molecule has 0 spiro atoms. The van der Waals surface area contributed by atoms with Gasteiger partial charge in [0, 0.05) is 7.11 Å². The molecule has 0 radical (unpaired) electrons. The summed E-state index contributed by atoms with van der Waals surface area (Å²) in [6.45, 7) is 1.77. The summed E-state index contributed by atoms with van der Waals surface area (Å²) in [5.41, 5.74) is 0. The first-order chi connectivity index (χ1) is 3.72. The SMILES string of the molecule is CCC(OC)C(=O)O.[LiH]. The molecule has 0 aromatic carbocycles. The molecule has 0 aliphatic rings. The first-order valence-electron chi connectivity index (χ1n) is 2.48. The van der Waals surface area contributed by atoms with Crippen molar-refractivity contribution in [2.24, 2.45) is 0 Å². The third-order valence-corrected chi connectivity index (χ3v) is 0.931. The van der Waals surface area contributed by atoms with Crippen molar-refractivity contribution < 1.29 is 14.6 Å². The Hall–Kier alpha value is 0.0274. The molecule has 3 nitrogen and oxygen atoms in total. The molecule has 0 aromatic heterocycles. The summed E-state index contributed by atoms with van der Waals surface area (Å²) in [6.07, 6.45) is -0.110. The van der Waals surface area contributed by atoms with Crippen LogP contribution in [-0.4, -0.2) is 43.2 Å². The molecular weight excluding hydrogens is 115 g/mol. The topological polar surface area (TPSA) is 46.5 Å². The minimum absolute atomic E-state index is 0. The standard InChI is InChI=1S/C5H10O3.Li.H/c1-3-4(8-2)5(6)7;;/h4H,3H2,1-2H3,(H,6,7);;. The molecular formula is C5H11LiO3. The summed E-state index contributed by atoms with van der Waals surface area (Å²) < 4.78 is 4.56. The van der Waals surface area contributed by atoms with Gasteiger partial charge < -0.3 is 9.84 Å². The number of methoxy groups -OCH3 is 1. The number of hydrogen-bond acceptors (Lipinski definition) is 2. The zero-order valence-corrected chi connectivity index (χ0v) is 5.05. The van der Waals surface area contributed by atoms with Crippen LogP contribution < -0.4 is 0 Å². The fourth-order valence-corrected chi connectivity index (χ4v) is 0.442. The van der Waals surface area contributed by atoms with Crippen molar-refractivity contribution in [1.82, 2.24) is 0 Å². The molecule has 0 amide bonds. The van der Waals surface area contributed by atoms with E-state index in [9.17, 15) is 4.79 Å². The van der Waals surface area contributed by atoms with E-state index in [0.29, 0.717) is 6.42 Å². The van der Waals surface area contributed by atoms with Gasteiger partial charge in [-0.3, -0.25) is 0 Å². The summed E-state index contributed by atoms with van der Waals surface area (Å²) in [7, 11) is 1.39. The van der Waals surface area contributed by atoms with Crippen molar-refractivity contribution in [2.75, 3.05) is 7.11 Å². The predicted molar refractivity (Wildman–Crippen MR) is 35.9 cm³/mol. The van der Waals surface area contributed by atoms with E-state index in [1.165, 1.54) is 7.11 Å². The number of carboxylic acids is 1. The van der Waals surface area contributed by atoms with Crippen LogP contribution in [0.25, 0.3) is 0 Å². The van der Waals surface area contributed by atoms with Crippen LogP contribution in [0.15, 0.2) is 0 Å². The number of ether oxygens (including phenoxy) is 1. The Kier molecular flexibility index (Phi) is 8.05. The van der Waals surface area contributed by atoms with Gasteiger partial charge in [0.25, 0.3) is 0 Å². The van der Waals surface area contributed by atoms with Gasteiger partial charge in [-0.1, -0.05) is 6.92 Å². The number of carbonyl (C=O) groups is 1. The van der Waals surface area contributed by atoms with Crippen LogP contribution in [0.2, 0.25) is 0 Å². The molecule has 50 valence electrons. The molecule has 1 unspecified atom stereocenters. The van der Waals surface area contributed by atoms with Gasteiger partial charge in [-0.05, 0) is 6.42 Å². The second-order valence-electron chi connectivity index (χ2n) is 1.47. The zero-order chi connectivity index (χ0) is 6.57. The number of carboxylic acid groups (broad SMARTS) is 1. The van der Waals surface area contributed by atoms with Crippen molar-refractivity contribution in [3.63, 3.8) is 0 Å². The van der Waals surface area contributed by atoms with E-state index in [0.717, 1.165) is 0 Å². The average molecular weight is 126 g/mol. The molecule has 0 aliphatic carbocycles. The Morgan fingerprint density at radius 1 is 1.78 bits per heavy atom. The van der Waals surface area contributed by atoms with E-state index < -0.39 is 12.1 Å².